The van der Waals surface area contributed by atoms with Gasteiger partial charge in [-0.1, -0.05) is 28.1 Å². The third kappa shape index (κ3) is 1.02. The second-order valence-electron chi connectivity index (χ2n) is 3.25. The first-order valence-electron chi connectivity index (χ1n) is 4.19. The van der Waals surface area contributed by atoms with Crippen LogP contribution in [-0.4, -0.2) is 0 Å². The van der Waals surface area contributed by atoms with Crippen molar-refractivity contribution in [3.63, 3.8) is 0 Å². The molecular weight excluding hydrogens is 244 g/mol. The highest BCUT2D eigenvalue weighted by Gasteiger charge is 2.20. The average Bonchev–Trinajstić information content (AvgIpc) is 2.65. The van der Waals surface area contributed by atoms with Gasteiger partial charge in [0.1, 0.15) is 0 Å². The molecule has 1 heterocycles. The molecule has 0 saturated heterocycles. The van der Waals surface area contributed by atoms with Crippen LogP contribution in [0.4, 0.5) is 0 Å². The molecule has 0 spiro atoms. The van der Waals surface area contributed by atoms with Gasteiger partial charge in [-0.25, -0.2) is 0 Å². The number of halogens is 1. The van der Waals surface area contributed by atoms with Crippen molar-refractivity contribution in [2.24, 2.45) is 0 Å². The van der Waals surface area contributed by atoms with E-state index in [1.54, 1.807) is 11.3 Å². The minimum Gasteiger partial charge on any atom is -0.151 e. The maximum absolute atomic E-state index is 3.59. The zero-order valence-corrected chi connectivity index (χ0v) is 9.28. The zero-order valence-electron chi connectivity index (χ0n) is 6.88. The fourth-order valence-electron chi connectivity index (χ4n) is 1.88. The van der Waals surface area contributed by atoms with Crippen LogP contribution >= 0.6 is 27.3 Å². The lowest BCUT2D eigenvalue weighted by molar-refractivity contribution is 1.26. The van der Waals surface area contributed by atoms with Gasteiger partial charge in [-0.15, -0.1) is 0 Å². The molecule has 2 aromatic rings. The molecule has 1 aliphatic rings. The quantitative estimate of drug-likeness (QED) is 0.564. The van der Waals surface area contributed by atoms with Gasteiger partial charge in [-0.2, -0.15) is 11.3 Å². The molecule has 0 amide bonds. The van der Waals surface area contributed by atoms with Gasteiger partial charge in [0.2, 0.25) is 0 Å². The van der Waals surface area contributed by atoms with Gasteiger partial charge in [-0.05, 0) is 39.1 Å². The van der Waals surface area contributed by atoms with E-state index in [1.807, 2.05) is 0 Å². The number of benzene rings is 1. The summed E-state index contributed by atoms with van der Waals surface area (Å²) < 4.78 is 1.24. The van der Waals surface area contributed by atoms with Crippen LogP contribution < -0.4 is 0 Å². The number of hydrogen-bond donors (Lipinski definition) is 0. The van der Waals surface area contributed by atoms with E-state index < -0.39 is 0 Å². The van der Waals surface area contributed by atoms with Crippen LogP contribution in [0.2, 0.25) is 0 Å². The summed E-state index contributed by atoms with van der Waals surface area (Å²) in [5, 5.41) is 4.50. The molecule has 0 bridgehead atoms. The Kier molecular flexibility index (Phi) is 1.61. The molecule has 13 heavy (non-hydrogen) atoms. The lowest BCUT2D eigenvalue weighted by Gasteiger charge is -2.00. The van der Waals surface area contributed by atoms with Gasteiger partial charge in [0, 0.05) is 10.9 Å². The molecule has 1 aliphatic carbocycles. The lowest BCUT2D eigenvalue weighted by atomic mass is 10.1. The number of hydrogen-bond acceptors (Lipinski definition) is 1. The van der Waals surface area contributed by atoms with Crippen molar-refractivity contribution >= 4 is 27.3 Å². The molecule has 0 unspecified atom stereocenters. The number of thiophene rings is 1. The summed E-state index contributed by atoms with van der Waals surface area (Å²) in [5.41, 5.74) is 5.76. The van der Waals surface area contributed by atoms with Crippen LogP contribution in [0.3, 0.4) is 0 Å². The van der Waals surface area contributed by atoms with Crippen molar-refractivity contribution in [3.05, 3.63) is 44.6 Å². The highest BCUT2D eigenvalue weighted by Crippen LogP contribution is 2.41. The predicted molar refractivity (Wildman–Crippen MR) is 60.3 cm³/mol. The van der Waals surface area contributed by atoms with Gasteiger partial charge in [0.05, 0.1) is 0 Å². The van der Waals surface area contributed by atoms with Crippen LogP contribution in [0.25, 0.3) is 11.1 Å². The third-order valence-corrected chi connectivity index (χ3v) is 4.05. The van der Waals surface area contributed by atoms with Gasteiger partial charge in [0.25, 0.3) is 0 Å². The van der Waals surface area contributed by atoms with Gasteiger partial charge in [0.15, 0.2) is 0 Å². The molecule has 2 heteroatoms. The van der Waals surface area contributed by atoms with Crippen molar-refractivity contribution in [1.29, 1.82) is 0 Å². The van der Waals surface area contributed by atoms with E-state index in [-0.39, 0.29) is 0 Å². The normalized spacial score (nSPS) is 12.7. The second kappa shape index (κ2) is 2.69. The minimum absolute atomic E-state index is 1.09. The third-order valence-electron chi connectivity index (χ3n) is 2.52. The SMILES string of the molecule is Brc1cccc2c1Cc1cscc1-2. The summed E-state index contributed by atoms with van der Waals surface area (Å²) >= 11 is 5.39. The second-order valence-corrected chi connectivity index (χ2v) is 4.85. The van der Waals surface area contributed by atoms with E-state index in [0.717, 1.165) is 6.42 Å². The fraction of sp³-hybridized carbons (Fsp3) is 0.0909. The standard InChI is InChI=1S/C11H7BrS/c12-11-3-1-2-8-9(11)4-7-5-13-6-10(7)8/h1-3,5-6H,4H2. The highest BCUT2D eigenvalue weighted by atomic mass is 79.9. The highest BCUT2D eigenvalue weighted by molar-refractivity contribution is 9.10. The Labute approximate surface area is 89.4 Å². The van der Waals surface area contributed by atoms with Crippen molar-refractivity contribution in [3.8, 4) is 11.1 Å². The van der Waals surface area contributed by atoms with Gasteiger partial charge in [-0.3, -0.25) is 0 Å². The van der Waals surface area contributed by atoms with Gasteiger partial charge >= 0.3 is 0 Å². The lowest BCUT2D eigenvalue weighted by Crippen LogP contribution is -1.81. The van der Waals surface area contributed by atoms with E-state index in [1.165, 1.54) is 26.7 Å². The van der Waals surface area contributed by atoms with Crippen molar-refractivity contribution < 1.29 is 0 Å². The summed E-state index contributed by atoms with van der Waals surface area (Å²) in [6, 6.07) is 6.43. The zero-order chi connectivity index (χ0) is 8.84. The predicted octanol–water partition coefficient (Wildman–Crippen LogP) is 4.08. The molecular formula is C11H7BrS. The molecule has 0 saturated carbocycles. The Balaban J connectivity index is 2.34. The Bertz CT molecular complexity index is 471. The summed E-state index contributed by atoms with van der Waals surface area (Å²) in [4.78, 5) is 0. The minimum atomic E-state index is 1.09. The van der Waals surface area contributed by atoms with Crippen LogP contribution in [-0.2, 0) is 6.42 Å². The average molecular weight is 251 g/mol. The molecule has 64 valence electrons. The van der Waals surface area contributed by atoms with Gasteiger partial charge < -0.3 is 0 Å². The molecule has 0 atom stereocenters. The van der Waals surface area contributed by atoms with Crippen LogP contribution in [0, 0.1) is 0 Å². The molecule has 0 N–H and O–H groups in total. The Morgan fingerprint density at radius 3 is 3.00 bits per heavy atom. The van der Waals surface area contributed by atoms with Crippen molar-refractivity contribution in [2.75, 3.05) is 0 Å². The molecule has 1 aromatic heterocycles. The van der Waals surface area contributed by atoms with Crippen LogP contribution in [0.1, 0.15) is 11.1 Å². The molecule has 0 aliphatic heterocycles. The smallest absolute Gasteiger partial charge is 0.0216 e. The maximum Gasteiger partial charge on any atom is 0.0216 e. The van der Waals surface area contributed by atoms with Crippen LogP contribution in [0.5, 0.6) is 0 Å². The summed E-state index contributed by atoms with van der Waals surface area (Å²) in [7, 11) is 0. The van der Waals surface area contributed by atoms with E-state index in [4.69, 9.17) is 0 Å². The Morgan fingerprint density at radius 2 is 2.08 bits per heavy atom. The summed E-state index contributed by atoms with van der Waals surface area (Å²) in [6.45, 7) is 0. The monoisotopic (exact) mass is 250 g/mol. The van der Waals surface area contributed by atoms with E-state index >= 15 is 0 Å². The first-order valence-corrected chi connectivity index (χ1v) is 5.92. The Hall–Kier alpha value is -0.600. The van der Waals surface area contributed by atoms with E-state index in [9.17, 15) is 0 Å². The maximum atomic E-state index is 3.59. The molecule has 3 rings (SSSR count). The van der Waals surface area contributed by atoms with E-state index in [0.29, 0.717) is 0 Å². The number of rotatable bonds is 0. The molecule has 0 fully saturated rings. The first-order chi connectivity index (χ1) is 6.36. The first kappa shape index (κ1) is 7.77. The molecule has 0 radical (unpaired) electrons. The fourth-order valence-corrected chi connectivity index (χ4v) is 3.24. The molecule has 0 nitrogen and oxygen atoms in total. The van der Waals surface area contributed by atoms with E-state index in [2.05, 4.69) is 44.9 Å². The van der Waals surface area contributed by atoms with Crippen molar-refractivity contribution in [2.45, 2.75) is 6.42 Å². The largest absolute Gasteiger partial charge is 0.151 e. The van der Waals surface area contributed by atoms with Crippen molar-refractivity contribution in [1.82, 2.24) is 0 Å². The molecule has 1 aromatic carbocycles. The van der Waals surface area contributed by atoms with Crippen LogP contribution in [0.15, 0.2) is 33.4 Å². The summed E-state index contributed by atoms with van der Waals surface area (Å²) in [6.07, 6.45) is 1.09. The summed E-state index contributed by atoms with van der Waals surface area (Å²) in [5.74, 6) is 0. The number of fused-ring (bicyclic) bond motifs is 3. The Morgan fingerprint density at radius 1 is 1.15 bits per heavy atom. The topological polar surface area (TPSA) is 0 Å².